The number of unbranched alkanes of at least 4 members (excludes halogenated alkanes) is 4. The lowest BCUT2D eigenvalue weighted by atomic mass is 10.1. The van der Waals surface area contributed by atoms with Gasteiger partial charge in [0.2, 0.25) is 5.95 Å². The number of aromatic amines is 1. The van der Waals surface area contributed by atoms with Crippen molar-refractivity contribution in [2.45, 2.75) is 45.6 Å². The van der Waals surface area contributed by atoms with Crippen LogP contribution in [-0.2, 0) is 13.6 Å². The van der Waals surface area contributed by atoms with Crippen LogP contribution >= 0.6 is 15.9 Å². The molecule has 2 heterocycles. The van der Waals surface area contributed by atoms with Crippen molar-refractivity contribution < 1.29 is 4.74 Å². The van der Waals surface area contributed by atoms with E-state index in [0.29, 0.717) is 29.4 Å². The van der Waals surface area contributed by atoms with Gasteiger partial charge in [-0.3, -0.25) is 14.3 Å². The smallest absolute Gasteiger partial charge is 0.329 e. The lowest BCUT2D eigenvalue weighted by molar-refractivity contribution is 0.414. The van der Waals surface area contributed by atoms with Crippen molar-refractivity contribution in [3.63, 3.8) is 0 Å². The van der Waals surface area contributed by atoms with E-state index in [1.54, 1.807) is 24.9 Å². The molecule has 0 fully saturated rings. The van der Waals surface area contributed by atoms with Crippen molar-refractivity contribution in [3.8, 4) is 5.75 Å². The normalized spacial score (nSPS) is 11.5. The summed E-state index contributed by atoms with van der Waals surface area (Å²) in [5.74, 6) is 1.08. The third kappa shape index (κ3) is 5.25. The van der Waals surface area contributed by atoms with Crippen LogP contribution in [-0.4, -0.2) is 32.4 Å². The number of aromatic nitrogens is 4. The summed E-state index contributed by atoms with van der Waals surface area (Å²) in [6.07, 6.45) is 7.06. The van der Waals surface area contributed by atoms with Crippen molar-refractivity contribution in [1.29, 1.82) is 0 Å². The molecule has 0 saturated heterocycles. The van der Waals surface area contributed by atoms with Crippen molar-refractivity contribution in [2.75, 3.05) is 12.5 Å². The minimum Gasteiger partial charge on any atom is -0.496 e. The lowest BCUT2D eigenvalue weighted by Crippen LogP contribution is -2.29. The predicted molar refractivity (Wildman–Crippen MR) is 126 cm³/mol. The Morgan fingerprint density at radius 1 is 1.26 bits per heavy atom. The van der Waals surface area contributed by atoms with Crippen LogP contribution in [0.2, 0.25) is 0 Å². The predicted octanol–water partition coefficient (Wildman–Crippen LogP) is 3.61. The zero-order valence-corrected chi connectivity index (χ0v) is 19.5. The first-order valence-electron chi connectivity index (χ1n) is 10.3. The Morgan fingerprint density at radius 2 is 2.03 bits per heavy atom. The van der Waals surface area contributed by atoms with Crippen LogP contribution in [0.3, 0.4) is 0 Å². The fourth-order valence-electron chi connectivity index (χ4n) is 3.38. The molecule has 0 unspecified atom stereocenters. The number of rotatable bonds is 10. The number of halogens is 1. The number of fused-ring (bicyclic) bond motifs is 1. The number of aryl methyl sites for hydroxylation is 2. The first kappa shape index (κ1) is 22.8. The Balaban J connectivity index is 1.93. The molecule has 31 heavy (non-hydrogen) atoms. The topological polar surface area (TPSA) is 106 Å². The quantitative estimate of drug-likeness (QED) is 0.256. The SMILES string of the molecule is CCCCCCCn1c(NN=Cc2cc(Br)ccc2OC)nc2c1c(=O)[nH]c(=O)n2C. The van der Waals surface area contributed by atoms with E-state index in [4.69, 9.17) is 4.74 Å². The molecule has 0 atom stereocenters. The van der Waals surface area contributed by atoms with Crippen LogP contribution in [0.25, 0.3) is 11.2 Å². The number of anilines is 1. The molecular formula is C21H27BrN6O3. The summed E-state index contributed by atoms with van der Waals surface area (Å²) in [4.78, 5) is 31.4. The van der Waals surface area contributed by atoms with E-state index in [9.17, 15) is 9.59 Å². The van der Waals surface area contributed by atoms with Gasteiger partial charge in [0, 0.05) is 23.6 Å². The molecule has 0 spiro atoms. The second-order valence-electron chi connectivity index (χ2n) is 7.25. The highest BCUT2D eigenvalue weighted by atomic mass is 79.9. The molecule has 0 aliphatic heterocycles. The third-order valence-corrected chi connectivity index (χ3v) is 5.55. The number of imidazole rings is 1. The molecule has 2 N–H and O–H groups in total. The monoisotopic (exact) mass is 490 g/mol. The molecule has 0 radical (unpaired) electrons. The van der Waals surface area contributed by atoms with Gasteiger partial charge in [-0.15, -0.1) is 0 Å². The summed E-state index contributed by atoms with van der Waals surface area (Å²) in [6.45, 7) is 2.77. The maximum Gasteiger partial charge on any atom is 0.329 e. The van der Waals surface area contributed by atoms with Gasteiger partial charge in [-0.05, 0) is 24.6 Å². The molecule has 0 aliphatic rings. The molecule has 2 aromatic heterocycles. The van der Waals surface area contributed by atoms with Gasteiger partial charge in [0.15, 0.2) is 11.2 Å². The van der Waals surface area contributed by atoms with E-state index in [0.717, 1.165) is 35.7 Å². The molecule has 166 valence electrons. The molecule has 10 heteroatoms. The van der Waals surface area contributed by atoms with Gasteiger partial charge in [0.1, 0.15) is 5.75 Å². The zero-order chi connectivity index (χ0) is 22.4. The maximum atomic E-state index is 12.5. The number of hydrogen-bond acceptors (Lipinski definition) is 6. The third-order valence-electron chi connectivity index (χ3n) is 5.05. The van der Waals surface area contributed by atoms with Crippen LogP contribution in [0, 0.1) is 0 Å². The summed E-state index contributed by atoms with van der Waals surface area (Å²) in [7, 11) is 3.18. The van der Waals surface area contributed by atoms with E-state index in [1.165, 1.54) is 11.0 Å². The number of nitrogens with one attached hydrogen (secondary N) is 2. The fraction of sp³-hybridized carbons (Fsp3) is 0.429. The molecule has 9 nitrogen and oxygen atoms in total. The summed E-state index contributed by atoms with van der Waals surface area (Å²) in [6, 6.07) is 5.61. The van der Waals surface area contributed by atoms with Crippen LogP contribution < -0.4 is 21.4 Å². The van der Waals surface area contributed by atoms with E-state index in [1.807, 2.05) is 18.2 Å². The number of methoxy groups -OCH3 is 1. The summed E-state index contributed by atoms with van der Waals surface area (Å²) < 4.78 is 9.38. The highest BCUT2D eigenvalue weighted by molar-refractivity contribution is 9.10. The molecule has 0 aliphatic carbocycles. The van der Waals surface area contributed by atoms with Crippen LogP contribution in [0.4, 0.5) is 5.95 Å². The van der Waals surface area contributed by atoms with Gasteiger partial charge in [0.25, 0.3) is 5.56 Å². The van der Waals surface area contributed by atoms with Gasteiger partial charge in [0.05, 0.1) is 13.3 Å². The summed E-state index contributed by atoms with van der Waals surface area (Å²) in [5, 5.41) is 4.30. The maximum absolute atomic E-state index is 12.5. The van der Waals surface area contributed by atoms with Crippen LogP contribution in [0.1, 0.15) is 44.6 Å². The summed E-state index contributed by atoms with van der Waals surface area (Å²) in [5.41, 5.74) is 3.43. The van der Waals surface area contributed by atoms with E-state index in [2.05, 4.69) is 43.3 Å². The van der Waals surface area contributed by atoms with Gasteiger partial charge in [-0.2, -0.15) is 10.1 Å². The lowest BCUT2D eigenvalue weighted by Gasteiger charge is -2.08. The Labute approximate surface area is 188 Å². The largest absolute Gasteiger partial charge is 0.496 e. The molecule has 3 aromatic rings. The molecule has 0 saturated carbocycles. The van der Waals surface area contributed by atoms with Gasteiger partial charge in [-0.1, -0.05) is 48.5 Å². The van der Waals surface area contributed by atoms with E-state index < -0.39 is 11.2 Å². The first-order valence-corrected chi connectivity index (χ1v) is 11.1. The Hall–Kier alpha value is -2.88. The Kier molecular flexibility index (Phi) is 7.67. The number of benzene rings is 1. The van der Waals surface area contributed by atoms with Gasteiger partial charge in [-0.25, -0.2) is 10.2 Å². The number of H-pyrrole nitrogens is 1. The number of hydrogen-bond donors (Lipinski definition) is 2. The molecule has 0 amide bonds. The second-order valence-corrected chi connectivity index (χ2v) is 8.16. The fourth-order valence-corrected chi connectivity index (χ4v) is 3.76. The van der Waals surface area contributed by atoms with Crippen LogP contribution in [0.15, 0.2) is 37.4 Å². The Morgan fingerprint density at radius 3 is 2.77 bits per heavy atom. The minimum absolute atomic E-state index is 0.319. The van der Waals surface area contributed by atoms with Crippen molar-refractivity contribution in [3.05, 3.63) is 49.1 Å². The molecule has 1 aromatic carbocycles. The van der Waals surface area contributed by atoms with Crippen LogP contribution in [0.5, 0.6) is 5.75 Å². The van der Waals surface area contributed by atoms with E-state index >= 15 is 0 Å². The van der Waals surface area contributed by atoms with Crippen molar-refractivity contribution >= 4 is 39.3 Å². The number of nitrogens with zero attached hydrogens (tertiary/aromatic N) is 4. The molecule has 3 rings (SSSR count). The zero-order valence-electron chi connectivity index (χ0n) is 17.9. The standard InChI is InChI=1S/C21H27BrN6O3/c1-4-5-6-7-8-11-28-17-18(27(2)21(30)25-19(17)29)24-20(28)26-23-13-14-12-15(22)9-10-16(14)31-3/h9-10,12-13H,4-8,11H2,1-3H3,(H,24,26)(H,25,29,30). The minimum atomic E-state index is -0.501. The number of ether oxygens (including phenoxy) is 1. The van der Waals surface area contributed by atoms with Crippen molar-refractivity contribution in [2.24, 2.45) is 12.1 Å². The first-order chi connectivity index (χ1) is 15.0. The van der Waals surface area contributed by atoms with Gasteiger partial charge < -0.3 is 9.30 Å². The average Bonchev–Trinajstić information content (AvgIpc) is 3.11. The second kappa shape index (κ2) is 10.4. The molecular weight excluding hydrogens is 464 g/mol. The number of hydrazone groups is 1. The highest BCUT2D eigenvalue weighted by Gasteiger charge is 2.17. The summed E-state index contributed by atoms with van der Waals surface area (Å²) >= 11 is 3.44. The van der Waals surface area contributed by atoms with E-state index in [-0.39, 0.29) is 0 Å². The molecule has 0 bridgehead atoms. The highest BCUT2D eigenvalue weighted by Crippen LogP contribution is 2.22. The van der Waals surface area contributed by atoms with Crippen molar-refractivity contribution in [1.82, 2.24) is 19.1 Å². The average molecular weight is 491 g/mol. The Bertz CT molecular complexity index is 1190. The van der Waals surface area contributed by atoms with Gasteiger partial charge >= 0.3 is 5.69 Å².